The second-order valence-electron chi connectivity index (χ2n) is 8.54. The number of hydrogen-bond donors (Lipinski definition) is 0. The Morgan fingerprint density at radius 1 is 1.13 bits per heavy atom. The minimum atomic E-state index is -0.161. The fraction of sp³-hybridized carbons (Fsp3) is 0.560. The Morgan fingerprint density at radius 3 is 2.67 bits per heavy atom. The summed E-state index contributed by atoms with van der Waals surface area (Å²) in [5.74, 6) is 0.604. The lowest BCUT2D eigenvalue weighted by atomic mass is 9.78. The molecule has 5 nitrogen and oxygen atoms in total. The maximum absolute atomic E-state index is 10.4. The van der Waals surface area contributed by atoms with Crippen molar-refractivity contribution in [3.63, 3.8) is 0 Å². The lowest BCUT2D eigenvalue weighted by molar-refractivity contribution is 0.129. The number of nitriles is 1. The molecular weight excluding hydrogens is 374 g/mol. The number of rotatable bonds is 6. The Kier molecular flexibility index (Phi) is 6.34. The largest absolute Gasteiger partial charge is 0.478 e. The third-order valence-electron chi connectivity index (χ3n) is 6.64. The van der Waals surface area contributed by atoms with Crippen molar-refractivity contribution >= 4 is 0 Å². The summed E-state index contributed by atoms with van der Waals surface area (Å²) < 4.78 is 11.3. The molecule has 0 spiro atoms. The van der Waals surface area contributed by atoms with Crippen LogP contribution >= 0.6 is 0 Å². The maximum Gasteiger partial charge on any atom is 0.213 e. The summed E-state index contributed by atoms with van der Waals surface area (Å²) in [6.45, 7) is 3.14. The van der Waals surface area contributed by atoms with E-state index in [0.29, 0.717) is 19.1 Å². The second-order valence-corrected chi connectivity index (χ2v) is 8.54. The molecule has 0 N–H and O–H groups in total. The number of hydrogen-bond acceptors (Lipinski definition) is 5. The van der Waals surface area contributed by atoms with E-state index in [2.05, 4.69) is 11.1 Å². The predicted molar refractivity (Wildman–Crippen MR) is 117 cm³/mol. The monoisotopic (exact) mass is 405 g/mol. The molecule has 2 aromatic heterocycles. The van der Waals surface area contributed by atoms with Gasteiger partial charge in [0.2, 0.25) is 5.88 Å². The summed E-state index contributed by atoms with van der Waals surface area (Å²) in [6.07, 6.45) is 11.6. The predicted octanol–water partition coefficient (Wildman–Crippen LogP) is 5.14. The van der Waals surface area contributed by atoms with Gasteiger partial charge in [0.1, 0.15) is 6.07 Å². The standard InChI is InChI=1S/C25H31N3O2/c1-3-30-22-15-18(11-14-27-22)23-19-9-5-4-6-10-21(19)28-24(20(23)16-26)25(17-29-2)12-7-8-13-25/h11,14-15H,3-10,12-13,17H2,1-2H3. The van der Waals surface area contributed by atoms with E-state index < -0.39 is 0 Å². The third-order valence-corrected chi connectivity index (χ3v) is 6.64. The molecule has 0 atom stereocenters. The Bertz CT molecular complexity index is 942. The van der Waals surface area contributed by atoms with Gasteiger partial charge in [-0.15, -0.1) is 0 Å². The van der Waals surface area contributed by atoms with E-state index in [1.54, 1.807) is 13.3 Å². The smallest absolute Gasteiger partial charge is 0.213 e. The average molecular weight is 406 g/mol. The van der Waals surface area contributed by atoms with Crippen molar-refractivity contribution in [3.8, 4) is 23.1 Å². The first-order valence-electron chi connectivity index (χ1n) is 11.3. The van der Waals surface area contributed by atoms with Crippen molar-refractivity contribution in [3.05, 3.63) is 40.8 Å². The van der Waals surface area contributed by atoms with Crippen molar-refractivity contribution in [1.29, 1.82) is 5.26 Å². The molecule has 4 rings (SSSR count). The highest BCUT2D eigenvalue weighted by Gasteiger charge is 2.41. The molecule has 1 fully saturated rings. The van der Waals surface area contributed by atoms with E-state index in [-0.39, 0.29) is 5.41 Å². The lowest BCUT2D eigenvalue weighted by Gasteiger charge is -2.31. The van der Waals surface area contributed by atoms with Gasteiger partial charge in [-0.1, -0.05) is 19.3 Å². The molecule has 2 aromatic rings. The number of nitrogens with zero attached hydrogens (tertiary/aromatic N) is 3. The van der Waals surface area contributed by atoms with Crippen molar-refractivity contribution in [1.82, 2.24) is 9.97 Å². The van der Waals surface area contributed by atoms with Gasteiger partial charge in [-0.3, -0.25) is 4.98 Å². The molecule has 158 valence electrons. The van der Waals surface area contributed by atoms with Crippen molar-refractivity contribution in [2.75, 3.05) is 20.3 Å². The molecule has 2 heterocycles. The highest BCUT2D eigenvalue weighted by molar-refractivity contribution is 5.77. The van der Waals surface area contributed by atoms with Gasteiger partial charge in [0.15, 0.2) is 0 Å². The zero-order valence-corrected chi connectivity index (χ0v) is 18.2. The van der Waals surface area contributed by atoms with Crippen LogP contribution in [0.25, 0.3) is 11.1 Å². The molecule has 2 aliphatic rings. The number of fused-ring (bicyclic) bond motifs is 1. The summed E-state index contributed by atoms with van der Waals surface area (Å²) in [7, 11) is 1.76. The molecule has 0 aromatic carbocycles. The number of aryl methyl sites for hydroxylation is 1. The van der Waals surface area contributed by atoms with Gasteiger partial charge in [0.05, 0.1) is 24.5 Å². The van der Waals surface area contributed by atoms with Crippen LogP contribution in [0.15, 0.2) is 18.3 Å². The van der Waals surface area contributed by atoms with Crippen molar-refractivity contribution in [2.45, 2.75) is 70.1 Å². The van der Waals surface area contributed by atoms with Crippen LogP contribution in [-0.4, -0.2) is 30.3 Å². The highest BCUT2D eigenvalue weighted by Crippen LogP contribution is 2.45. The lowest BCUT2D eigenvalue weighted by Crippen LogP contribution is -2.31. The van der Waals surface area contributed by atoms with Crippen LogP contribution in [0.3, 0.4) is 0 Å². The van der Waals surface area contributed by atoms with E-state index in [1.807, 2.05) is 19.1 Å². The quantitative estimate of drug-likeness (QED) is 0.622. The Morgan fingerprint density at radius 2 is 1.93 bits per heavy atom. The second kappa shape index (κ2) is 9.14. The molecule has 30 heavy (non-hydrogen) atoms. The number of aromatic nitrogens is 2. The number of methoxy groups -OCH3 is 1. The molecule has 1 saturated carbocycles. The average Bonchev–Trinajstić information content (AvgIpc) is 3.11. The van der Waals surface area contributed by atoms with Crippen LogP contribution in [-0.2, 0) is 23.0 Å². The molecular formula is C25H31N3O2. The van der Waals surface area contributed by atoms with Gasteiger partial charge < -0.3 is 9.47 Å². The molecule has 0 saturated heterocycles. The van der Waals surface area contributed by atoms with E-state index in [4.69, 9.17) is 14.5 Å². The van der Waals surface area contributed by atoms with Gasteiger partial charge in [-0.05, 0) is 62.6 Å². The third kappa shape index (κ3) is 3.81. The van der Waals surface area contributed by atoms with E-state index in [0.717, 1.165) is 73.8 Å². The summed E-state index contributed by atoms with van der Waals surface area (Å²) in [4.78, 5) is 9.56. The highest BCUT2D eigenvalue weighted by atomic mass is 16.5. The molecule has 0 amide bonds. The molecule has 5 heteroatoms. The Hall–Kier alpha value is -2.45. The van der Waals surface area contributed by atoms with Gasteiger partial charge >= 0.3 is 0 Å². The zero-order chi connectivity index (χ0) is 21.0. The van der Waals surface area contributed by atoms with Crippen LogP contribution in [0.2, 0.25) is 0 Å². The fourth-order valence-corrected chi connectivity index (χ4v) is 5.30. The summed E-state index contributed by atoms with van der Waals surface area (Å²) in [6, 6.07) is 6.55. The topological polar surface area (TPSA) is 68.0 Å². The molecule has 0 radical (unpaired) electrons. The SMILES string of the molecule is CCOc1cc(-c2c(C#N)c(C3(COC)CCCC3)nc3c2CCCCC3)ccn1. The van der Waals surface area contributed by atoms with Crippen molar-refractivity contribution in [2.24, 2.45) is 0 Å². The maximum atomic E-state index is 10.4. The molecule has 0 aliphatic heterocycles. The van der Waals surface area contributed by atoms with E-state index in [9.17, 15) is 5.26 Å². The molecule has 0 bridgehead atoms. The number of ether oxygens (including phenoxy) is 2. The van der Waals surface area contributed by atoms with E-state index >= 15 is 0 Å². The first kappa shape index (κ1) is 20.8. The molecule has 0 unspecified atom stereocenters. The number of pyridine rings is 2. The van der Waals surface area contributed by atoms with Crippen molar-refractivity contribution < 1.29 is 9.47 Å². The first-order chi connectivity index (χ1) is 14.7. The first-order valence-corrected chi connectivity index (χ1v) is 11.3. The van der Waals surface area contributed by atoms with Gasteiger partial charge in [0, 0.05) is 36.0 Å². The van der Waals surface area contributed by atoms with Crippen LogP contribution in [0.4, 0.5) is 0 Å². The van der Waals surface area contributed by atoms with Gasteiger partial charge in [0.25, 0.3) is 0 Å². The van der Waals surface area contributed by atoms with Gasteiger partial charge in [-0.2, -0.15) is 5.26 Å². The summed E-state index contributed by atoms with van der Waals surface area (Å²) in [5.41, 5.74) is 5.99. The zero-order valence-electron chi connectivity index (χ0n) is 18.2. The van der Waals surface area contributed by atoms with E-state index in [1.165, 1.54) is 17.7 Å². The summed E-state index contributed by atoms with van der Waals surface area (Å²) in [5, 5.41) is 10.4. The Labute approximate surface area is 179 Å². The summed E-state index contributed by atoms with van der Waals surface area (Å²) >= 11 is 0. The minimum Gasteiger partial charge on any atom is -0.478 e. The van der Waals surface area contributed by atoms with Crippen LogP contribution in [0, 0.1) is 11.3 Å². The molecule has 2 aliphatic carbocycles. The van der Waals surface area contributed by atoms with Crippen LogP contribution in [0.5, 0.6) is 5.88 Å². The fourth-order valence-electron chi connectivity index (χ4n) is 5.30. The van der Waals surface area contributed by atoms with Crippen LogP contribution in [0.1, 0.15) is 74.4 Å². The van der Waals surface area contributed by atoms with Gasteiger partial charge in [-0.25, -0.2) is 4.98 Å². The van der Waals surface area contributed by atoms with Crippen LogP contribution < -0.4 is 4.74 Å². The minimum absolute atomic E-state index is 0.161. The Balaban J connectivity index is 1.98. The normalized spacial score (nSPS) is 17.8.